The predicted octanol–water partition coefficient (Wildman–Crippen LogP) is 8.28. The van der Waals surface area contributed by atoms with Crippen LogP contribution in [0, 0.1) is 10.1 Å². The summed E-state index contributed by atoms with van der Waals surface area (Å²) in [5.41, 5.74) is 2.83. The van der Waals surface area contributed by atoms with Crippen molar-refractivity contribution in [2.75, 3.05) is 10.6 Å². The summed E-state index contributed by atoms with van der Waals surface area (Å²) in [4.78, 5) is 23.9. The van der Waals surface area contributed by atoms with Crippen molar-refractivity contribution in [3.05, 3.63) is 112 Å². The number of non-ortho nitro benzene ring substituents is 1. The molecule has 0 aliphatic rings. The van der Waals surface area contributed by atoms with Crippen LogP contribution in [0.1, 0.15) is 12.5 Å². The van der Waals surface area contributed by atoms with Gasteiger partial charge >= 0.3 is 0 Å². The first-order valence-electron chi connectivity index (χ1n) is 11.6. The Hall–Kier alpha value is -4.07. The Labute approximate surface area is 222 Å². The van der Waals surface area contributed by atoms with Crippen molar-refractivity contribution < 1.29 is 9.72 Å². The number of nitrogens with zero attached hydrogens (tertiary/aromatic N) is 1. The summed E-state index contributed by atoms with van der Waals surface area (Å²) in [5, 5.41) is 22.4. The van der Waals surface area contributed by atoms with Crippen LogP contribution in [0.15, 0.2) is 101 Å². The number of carbonyl (C=O) groups excluding carboxylic acids is 1. The topological polar surface area (TPSA) is 84.3 Å². The number of nitro benzene ring substituents is 1. The van der Waals surface area contributed by atoms with E-state index in [2.05, 4.69) is 34.9 Å². The van der Waals surface area contributed by atoms with E-state index in [0.717, 1.165) is 43.4 Å². The van der Waals surface area contributed by atoms with Gasteiger partial charge in [-0.15, -0.1) is 0 Å². The number of fused-ring (bicyclic) bond motifs is 2. The molecule has 0 bridgehead atoms. The second-order valence-electron chi connectivity index (χ2n) is 8.48. The molecule has 5 aromatic carbocycles. The summed E-state index contributed by atoms with van der Waals surface area (Å²) in [5.74, 6) is -0.108. The number of nitro groups is 1. The minimum Gasteiger partial charge on any atom is -0.381 e. The molecular weight excluding hydrogens is 506 g/mol. The Morgan fingerprint density at radius 2 is 1.43 bits per heavy atom. The summed E-state index contributed by atoms with van der Waals surface area (Å²) in [6, 6.07) is 28.5. The summed E-state index contributed by atoms with van der Waals surface area (Å²) >= 11 is 7.91. The first kappa shape index (κ1) is 24.6. The normalized spacial score (nSPS) is 11.0. The molecule has 0 aromatic heterocycles. The average Bonchev–Trinajstić information content (AvgIpc) is 2.89. The Balaban J connectivity index is 1.57. The Morgan fingerprint density at radius 3 is 2.00 bits per heavy atom. The van der Waals surface area contributed by atoms with Gasteiger partial charge in [0, 0.05) is 46.8 Å². The van der Waals surface area contributed by atoms with Crippen molar-refractivity contribution in [1.29, 1.82) is 0 Å². The van der Waals surface area contributed by atoms with Crippen LogP contribution in [-0.2, 0) is 11.3 Å². The van der Waals surface area contributed by atoms with Crippen LogP contribution < -0.4 is 10.6 Å². The molecule has 184 valence electrons. The first-order valence-corrected chi connectivity index (χ1v) is 12.8. The lowest BCUT2D eigenvalue weighted by molar-refractivity contribution is -0.385. The zero-order valence-corrected chi connectivity index (χ0v) is 21.4. The molecular formula is C29H22ClN3O3S. The van der Waals surface area contributed by atoms with E-state index in [9.17, 15) is 14.9 Å². The quantitative estimate of drug-likeness (QED) is 0.126. The number of benzene rings is 5. The highest BCUT2D eigenvalue weighted by Crippen LogP contribution is 2.44. The highest BCUT2D eigenvalue weighted by Gasteiger charge is 2.17. The Kier molecular flexibility index (Phi) is 6.99. The van der Waals surface area contributed by atoms with Crippen molar-refractivity contribution in [2.45, 2.75) is 23.3 Å². The monoisotopic (exact) mass is 527 g/mol. The smallest absolute Gasteiger partial charge is 0.270 e. The Bertz CT molecular complexity index is 1600. The van der Waals surface area contributed by atoms with Crippen LogP contribution in [0.2, 0.25) is 5.02 Å². The molecule has 1 amide bonds. The van der Waals surface area contributed by atoms with Crippen LogP contribution in [0.25, 0.3) is 21.5 Å². The summed E-state index contributed by atoms with van der Waals surface area (Å²) in [6.45, 7) is 2.07. The number of hydrogen-bond donors (Lipinski definition) is 2. The van der Waals surface area contributed by atoms with Gasteiger partial charge in [-0.1, -0.05) is 71.9 Å². The summed E-state index contributed by atoms with van der Waals surface area (Å²) in [7, 11) is 0. The van der Waals surface area contributed by atoms with Gasteiger partial charge in [-0.25, -0.2) is 0 Å². The molecule has 0 heterocycles. The highest BCUT2D eigenvalue weighted by atomic mass is 35.5. The summed E-state index contributed by atoms with van der Waals surface area (Å²) in [6.07, 6.45) is 0. The van der Waals surface area contributed by atoms with Gasteiger partial charge in [0.1, 0.15) is 0 Å². The van der Waals surface area contributed by atoms with E-state index >= 15 is 0 Å². The number of amides is 1. The van der Waals surface area contributed by atoms with Gasteiger partial charge in [0.25, 0.3) is 5.69 Å². The zero-order valence-electron chi connectivity index (χ0n) is 19.8. The van der Waals surface area contributed by atoms with Crippen molar-refractivity contribution in [3.8, 4) is 0 Å². The highest BCUT2D eigenvalue weighted by molar-refractivity contribution is 8.00. The van der Waals surface area contributed by atoms with E-state index in [4.69, 9.17) is 11.6 Å². The van der Waals surface area contributed by atoms with Crippen LogP contribution in [0.3, 0.4) is 0 Å². The molecule has 0 saturated carbocycles. The van der Waals surface area contributed by atoms with Gasteiger partial charge in [-0.2, -0.15) is 0 Å². The second kappa shape index (κ2) is 10.5. The molecule has 8 heteroatoms. The van der Waals surface area contributed by atoms with Gasteiger partial charge in [0.15, 0.2) is 0 Å². The maximum absolute atomic E-state index is 11.4. The number of anilines is 2. The molecule has 0 aliphatic heterocycles. The van der Waals surface area contributed by atoms with E-state index in [1.165, 1.54) is 30.8 Å². The third-order valence-electron chi connectivity index (χ3n) is 6.01. The molecule has 0 aliphatic carbocycles. The molecule has 5 aromatic rings. The van der Waals surface area contributed by atoms with Crippen LogP contribution >= 0.6 is 23.4 Å². The largest absolute Gasteiger partial charge is 0.381 e. The van der Waals surface area contributed by atoms with Gasteiger partial charge < -0.3 is 10.6 Å². The maximum Gasteiger partial charge on any atom is 0.270 e. The van der Waals surface area contributed by atoms with Gasteiger partial charge in [0.2, 0.25) is 5.91 Å². The van der Waals surface area contributed by atoms with Crippen LogP contribution in [0.5, 0.6) is 0 Å². The second-order valence-corrected chi connectivity index (χ2v) is 9.94. The predicted molar refractivity (Wildman–Crippen MR) is 152 cm³/mol. The molecule has 0 spiro atoms. The molecule has 37 heavy (non-hydrogen) atoms. The van der Waals surface area contributed by atoms with Gasteiger partial charge in [0.05, 0.1) is 9.95 Å². The lowest BCUT2D eigenvalue weighted by Crippen LogP contribution is -2.06. The van der Waals surface area contributed by atoms with Gasteiger partial charge in [-0.3, -0.25) is 14.9 Å². The van der Waals surface area contributed by atoms with E-state index < -0.39 is 4.92 Å². The average molecular weight is 528 g/mol. The maximum atomic E-state index is 11.4. The number of hydrogen-bond acceptors (Lipinski definition) is 5. The number of nitrogens with one attached hydrogen (secondary N) is 2. The Morgan fingerprint density at radius 1 is 0.865 bits per heavy atom. The lowest BCUT2D eigenvalue weighted by atomic mass is 9.96. The molecule has 0 unspecified atom stereocenters. The molecule has 2 N–H and O–H groups in total. The number of carbonyl (C=O) groups is 1. The van der Waals surface area contributed by atoms with Crippen molar-refractivity contribution in [2.24, 2.45) is 0 Å². The standard InChI is InChI=1S/C29H22ClN3O3S/c1-18(34)32-20-12-10-19(11-13-20)31-17-26-22-6-2-4-8-24(22)29(25-9-5-3-7-23(25)26)37-28-16-21(33(35)36)14-15-27(28)30/h2-16,31H,17H2,1H3,(H,32,34). The van der Waals surface area contributed by atoms with Crippen LogP contribution in [-0.4, -0.2) is 10.8 Å². The molecule has 0 fully saturated rings. The van der Waals surface area contributed by atoms with E-state index in [0.29, 0.717) is 16.5 Å². The van der Waals surface area contributed by atoms with Crippen molar-refractivity contribution in [1.82, 2.24) is 0 Å². The zero-order chi connectivity index (χ0) is 25.9. The minimum absolute atomic E-state index is 0.00542. The minimum atomic E-state index is -0.409. The van der Waals surface area contributed by atoms with E-state index in [1.54, 1.807) is 6.07 Å². The number of rotatable bonds is 7. The third kappa shape index (κ3) is 5.23. The van der Waals surface area contributed by atoms with Gasteiger partial charge in [-0.05, 0) is 57.4 Å². The molecule has 0 atom stereocenters. The van der Waals surface area contributed by atoms with Crippen molar-refractivity contribution >= 4 is 67.9 Å². The third-order valence-corrected chi connectivity index (χ3v) is 7.65. The van der Waals surface area contributed by atoms with Crippen LogP contribution in [0.4, 0.5) is 17.1 Å². The fourth-order valence-electron chi connectivity index (χ4n) is 4.34. The molecule has 0 radical (unpaired) electrons. The van der Waals surface area contributed by atoms with E-state index in [1.807, 2.05) is 48.5 Å². The van der Waals surface area contributed by atoms with E-state index in [-0.39, 0.29) is 11.6 Å². The molecule has 0 saturated heterocycles. The molecule has 5 rings (SSSR count). The SMILES string of the molecule is CC(=O)Nc1ccc(NCc2c3ccccc3c(Sc3cc([N+](=O)[O-])ccc3Cl)c3ccccc23)cc1. The fourth-order valence-corrected chi connectivity index (χ4v) is 5.71. The molecule has 6 nitrogen and oxygen atoms in total. The van der Waals surface area contributed by atoms with Crippen molar-refractivity contribution in [3.63, 3.8) is 0 Å². The number of halogens is 1. The lowest BCUT2D eigenvalue weighted by Gasteiger charge is -2.18. The first-order chi connectivity index (χ1) is 17.9. The fraction of sp³-hybridized carbons (Fsp3) is 0.0690. The summed E-state index contributed by atoms with van der Waals surface area (Å²) < 4.78 is 0.